The van der Waals surface area contributed by atoms with E-state index in [1.165, 1.54) is 30.7 Å². The van der Waals surface area contributed by atoms with Gasteiger partial charge in [-0.05, 0) is 17.5 Å². The zero-order chi connectivity index (χ0) is 22.0. The number of hydrogen-bond donors (Lipinski definition) is 1. The molecule has 8 nitrogen and oxygen atoms in total. The highest BCUT2D eigenvalue weighted by Crippen LogP contribution is 2.46. The van der Waals surface area contributed by atoms with Crippen molar-refractivity contribution in [2.24, 2.45) is 0 Å². The molecule has 0 spiro atoms. The molecule has 0 amide bonds. The molecule has 31 heavy (non-hydrogen) atoms. The molecular formula is C22H21NO7S. The Kier molecular flexibility index (Phi) is 5.97. The van der Waals surface area contributed by atoms with Crippen LogP contribution in [0.2, 0.25) is 0 Å². The van der Waals surface area contributed by atoms with Gasteiger partial charge < -0.3 is 28.6 Å². The van der Waals surface area contributed by atoms with E-state index < -0.39 is 17.6 Å². The fraction of sp³-hybridized carbons (Fsp3) is 0.273. The number of thiophene rings is 1. The Morgan fingerprint density at radius 3 is 2.74 bits per heavy atom. The molecule has 0 saturated carbocycles. The molecule has 4 rings (SSSR count). The average Bonchev–Trinajstić information content (AvgIpc) is 3.29. The first-order valence-corrected chi connectivity index (χ1v) is 10.4. The van der Waals surface area contributed by atoms with Crippen LogP contribution in [0.5, 0.6) is 17.2 Å². The van der Waals surface area contributed by atoms with Crippen LogP contribution in [0.1, 0.15) is 27.9 Å². The van der Waals surface area contributed by atoms with E-state index >= 15 is 0 Å². The molecule has 0 bridgehead atoms. The maximum Gasteiger partial charge on any atom is 0.341 e. The summed E-state index contributed by atoms with van der Waals surface area (Å²) >= 11 is 1.48. The van der Waals surface area contributed by atoms with E-state index in [2.05, 4.69) is 0 Å². The molecule has 1 atom stereocenters. The minimum absolute atomic E-state index is 0.317. The molecule has 0 unspecified atom stereocenters. The van der Waals surface area contributed by atoms with Gasteiger partial charge in [0, 0.05) is 44.0 Å². The van der Waals surface area contributed by atoms with Crippen molar-refractivity contribution in [3.05, 3.63) is 62.6 Å². The number of fused-ring (bicyclic) bond motifs is 3. The van der Waals surface area contributed by atoms with Gasteiger partial charge >= 0.3 is 5.97 Å². The summed E-state index contributed by atoms with van der Waals surface area (Å²) in [5.41, 5.74) is 0.264. The summed E-state index contributed by atoms with van der Waals surface area (Å²) in [6, 6.07) is 8.58. The summed E-state index contributed by atoms with van der Waals surface area (Å²) < 4.78 is 24.3. The molecule has 162 valence electrons. The van der Waals surface area contributed by atoms with Crippen LogP contribution in [0.3, 0.4) is 0 Å². The van der Waals surface area contributed by atoms with E-state index in [1.54, 1.807) is 23.8 Å². The van der Waals surface area contributed by atoms with E-state index in [0.717, 1.165) is 4.88 Å². The number of methoxy groups -OCH3 is 2. The second kappa shape index (κ2) is 8.83. The molecule has 3 heterocycles. The number of carboxylic acids is 1. The predicted octanol–water partition coefficient (Wildman–Crippen LogP) is 3.64. The van der Waals surface area contributed by atoms with Crippen molar-refractivity contribution in [3.8, 4) is 28.5 Å². The molecule has 1 aliphatic rings. The first-order valence-electron chi connectivity index (χ1n) is 9.57. The van der Waals surface area contributed by atoms with Crippen LogP contribution < -0.4 is 19.6 Å². The molecule has 1 aliphatic heterocycles. The standard InChI is InChI=1S/C22H21NO7S/c1-27-6-4-7-29-19-11-17-13(9-18(19)28-2)15-10-16(24)14(22(25)26)12-23(15)21(30-17)20-5-3-8-31-20/h3,5,8-12,21H,4,6-7H2,1-2H3,(H,25,26)/t21-/m1/s1. The second-order valence-corrected chi connectivity index (χ2v) is 7.81. The van der Waals surface area contributed by atoms with Gasteiger partial charge in [0.2, 0.25) is 6.23 Å². The summed E-state index contributed by atoms with van der Waals surface area (Å²) in [6.45, 7) is 1.02. The Bertz CT molecular complexity index is 1150. The number of benzene rings is 1. The molecule has 0 aliphatic carbocycles. The Hall–Kier alpha value is -3.30. The van der Waals surface area contributed by atoms with Crippen molar-refractivity contribution in [1.82, 2.24) is 4.57 Å². The Morgan fingerprint density at radius 1 is 1.23 bits per heavy atom. The number of ether oxygens (including phenoxy) is 4. The van der Waals surface area contributed by atoms with Gasteiger partial charge in [-0.25, -0.2) is 4.79 Å². The zero-order valence-electron chi connectivity index (χ0n) is 17.0. The van der Waals surface area contributed by atoms with Gasteiger partial charge in [0.1, 0.15) is 11.3 Å². The second-order valence-electron chi connectivity index (χ2n) is 6.83. The number of aromatic nitrogens is 1. The lowest BCUT2D eigenvalue weighted by Gasteiger charge is -2.31. The summed E-state index contributed by atoms with van der Waals surface area (Å²) in [7, 11) is 3.16. The van der Waals surface area contributed by atoms with E-state index in [1.807, 2.05) is 17.5 Å². The van der Waals surface area contributed by atoms with Gasteiger partial charge in [-0.15, -0.1) is 11.3 Å². The van der Waals surface area contributed by atoms with Crippen LogP contribution in [0.15, 0.2) is 46.7 Å². The topological polar surface area (TPSA) is 96.2 Å². The lowest BCUT2D eigenvalue weighted by atomic mass is 10.0. The van der Waals surface area contributed by atoms with Gasteiger partial charge in [-0.3, -0.25) is 4.79 Å². The van der Waals surface area contributed by atoms with Gasteiger partial charge in [0.05, 0.1) is 24.3 Å². The highest BCUT2D eigenvalue weighted by molar-refractivity contribution is 7.10. The third-order valence-corrected chi connectivity index (χ3v) is 5.78. The summed E-state index contributed by atoms with van der Waals surface area (Å²) in [5.74, 6) is 0.229. The maximum absolute atomic E-state index is 12.5. The van der Waals surface area contributed by atoms with Crippen LogP contribution in [0.4, 0.5) is 0 Å². The number of pyridine rings is 1. The number of aromatic carboxylic acids is 1. The van der Waals surface area contributed by atoms with Crippen molar-refractivity contribution >= 4 is 17.3 Å². The fourth-order valence-corrected chi connectivity index (χ4v) is 4.17. The highest BCUT2D eigenvalue weighted by atomic mass is 32.1. The number of carboxylic acid groups (broad SMARTS) is 1. The maximum atomic E-state index is 12.5. The molecule has 1 N–H and O–H groups in total. The molecule has 1 aromatic carbocycles. The van der Waals surface area contributed by atoms with Crippen LogP contribution in [0.25, 0.3) is 11.3 Å². The van der Waals surface area contributed by atoms with Crippen LogP contribution >= 0.6 is 11.3 Å². The quantitative estimate of drug-likeness (QED) is 0.531. The van der Waals surface area contributed by atoms with Crippen LogP contribution in [-0.2, 0) is 4.74 Å². The Morgan fingerprint density at radius 2 is 2.06 bits per heavy atom. The summed E-state index contributed by atoms with van der Waals surface area (Å²) in [6.07, 6.45) is 1.43. The average molecular weight is 443 g/mol. The molecule has 0 saturated heterocycles. The van der Waals surface area contributed by atoms with E-state index in [0.29, 0.717) is 48.1 Å². The highest BCUT2D eigenvalue weighted by Gasteiger charge is 2.30. The van der Waals surface area contributed by atoms with Crippen molar-refractivity contribution in [2.45, 2.75) is 12.6 Å². The Labute approximate surface area is 182 Å². The van der Waals surface area contributed by atoms with Crippen molar-refractivity contribution < 1.29 is 28.8 Å². The van der Waals surface area contributed by atoms with Crippen molar-refractivity contribution in [2.75, 3.05) is 27.4 Å². The van der Waals surface area contributed by atoms with Crippen molar-refractivity contribution in [1.29, 1.82) is 0 Å². The van der Waals surface area contributed by atoms with Gasteiger partial charge in [0.15, 0.2) is 16.9 Å². The number of nitrogens with zero attached hydrogens (tertiary/aromatic N) is 1. The predicted molar refractivity (Wildman–Crippen MR) is 115 cm³/mol. The molecule has 0 radical (unpaired) electrons. The number of carbonyl (C=O) groups is 1. The first kappa shape index (κ1) is 21.0. The SMILES string of the molecule is COCCCOc1cc2c(cc1OC)-c1cc(=O)c(C(=O)O)cn1[C@@H](c1cccs1)O2. The van der Waals surface area contributed by atoms with Gasteiger partial charge in [-0.2, -0.15) is 0 Å². The lowest BCUT2D eigenvalue weighted by Crippen LogP contribution is -2.27. The van der Waals surface area contributed by atoms with Gasteiger partial charge in [0.25, 0.3) is 0 Å². The van der Waals surface area contributed by atoms with E-state index in [9.17, 15) is 14.7 Å². The monoisotopic (exact) mass is 443 g/mol. The summed E-state index contributed by atoms with van der Waals surface area (Å²) in [4.78, 5) is 24.9. The number of rotatable bonds is 8. The fourth-order valence-electron chi connectivity index (χ4n) is 3.42. The summed E-state index contributed by atoms with van der Waals surface area (Å²) in [5, 5.41) is 11.3. The smallest absolute Gasteiger partial charge is 0.341 e. The molecule has 3 aromatic rings. The third kappa shape index (κ3) is 4.01. The normalized spacial score (nSPS) is 14.3. The van der Waals surface area contributed by atoms with Crippen molar-refractivity contribution in [3.63, 3.8) is 0 Å². The minimum Gasteiger partial charge on any atom is -0.493 e. The van der Waals surface area contributed by atoms with Crippen LogP contribution in [0, 0.1) is 0 Å². The minimum atomic E-state index is -1.28. The first-order chi connectivity index (χ1) is 15.0. The largest absolute Gasteiger partial charge is 0.493 e. The lowest BCUT2D eigenvalue weighted by molar-refractivity contribution is 0.0693. The molecular weight excluding hydrogens is 422 g/mol. The van der Waals surface area contributed by atoms with E-state index in [4.69, 9.17) is 18.9 Å². The zero-order valence-corrected chi connectivity index (χ0v) is 17.8. The molecule has 0 fully saturated rings. The van der Waals surface area contributed by atoms with E-state index in [-0.39, 0.29) is 5.56 Å². The molecule has 2 aromatic heterocycles. The number of hydrogen-bond acceptors (Lipinski definition) is 7. The van der Waals surface area contributed by atoms with Crippen LogP contribution in [-0.4, -0.2) is 43.1 Å². The Balaban J connectivity index is 1.84. The third-order valence-electron chi connectivity index (χ3n) is 4.88. The van der Waals surface area contributed by atoms with Gasteiger partial charge in [-0.1, -0.05) is 6.07 Å². The molecule has 9 heteroatoms.